The van der Waals surface area contributed by atoms with E-state index in [1.54, 1.807) is 11.8 Å². The van der Waals surface area contributed by atoms with Crippen molar-refractivity contribution in [1.29, 1.82) is 0 Å². The number of amides is 2. The van der Waals surface area contributed by atoms with E-state index in [0.717, 1.165) is 34.0 Å². The minimum absolute atomic E-state index is 0.0160. The van der Waals surface area contributed by atoms with Gasteiger partial charge in [0.15, 0.2) is 0 Å². The summed E-state index contributed by atoms with van der Waals surface area (Å²) in [6.07, 6.45) is 14.0. The van der Waals surface area contributed by atoms with E-state index >= 15 is 0 Å². The second-order valence-electron chi connectivity index (χ2n) is 8.28. The minimum Gasteiger partial charge on any atom is -0.335 e. The Bertz CT molecular complexity index is 764. The van der Waals surface area contributed by atoms with Crippen LogP contribution in [-0.4, -0.2) is 12.1 Å². The van der Waals surface area contributed by atoms with Gasteiger partial charge >= 0.3 is 6.03 Å². The fraction of sp³-hybridized carbons (Fsp3) is 0.480. The third-order valence-electron chi connectivity index (χ3n) is 6.07. The van der Waals surface area contributed by atoms with E-state index in [-0.39, 0.29) is 12.1 Å². The first-order chi connectivity index (χ1) is 14.3. The predicted octanol–water partition coefficient (Wildman–Crippen LogP) is 7.67. The maximum Gasteiger partial charge on any atom is 0.326 e. The van der Waals surface area contributed by atoms with Crippen molar-refractivity contribution in [3.8, 4) is 0 Å². The highest BCUT2D eigenvalue weighted by molar-refractivity contribution is 7.99. The molecule has 4 heteroatoms. The number of anilines is 2. The van der Waals surface area contributed by atoms with E-state index in [9.17, 15) is 4.79 Å². The monoisotopic (exact) mass is 408 g/mol. The summed E-state index contributed by atoms with van der Waals surface area (Å²) in [6.45, 7) is 0. The molecule has 1 N–H and O–H groups in total. The zero-order chi connectivity index (χ0) is 19.9. The lowest BCUT2D eigenvalue weighted by molar-refractivity contribution is 0.242. The summed E-state index contributed by atoms with van der Waals surface area (Å²) in [6, 6.07) is 16.7. The van der Waals surface area contributed by atoms with Gasteiger partial charge in [0.2, 0.25) is 0 Å². The fourth-order valence-electron chi connectivity index (χ4n) is 4.47. The first-order valence-corrected chi connectivity index (χ1v) is 12.1. The molecule has 2 aromatic carbocycles. The predicted molar refractivity (Wildman–Crippen MR) is 122 cm³/mol. The molecule has 0 aromatic heterocycles. The highest BCUT2D eigenvalue weighted by atomic mass is 32.2. The lowest BCUT2D eigenvalue weighted by Crippen LogP contribution is -2.43. The average molecular weight is 409 g/mol. The number of fused-ring (bicyclic) bond motifs is 2. The van der Waals surface area contributed by atoms with Crippen molar-refractivity contribution in [3.63, 3.8) is 0 Å². The zero-order valence-corrected chi connectivity index (χ0v) is 18.1. The van der Waals surface area contributed by atoms with Gasteiger partial charge in [-0.2, -0.15) is 0 Å². The van der Waals surface area contributed by atoms with Crippen molar-refractivity contribution >= 4 is 29.2 Å². The Balaban J connectivity index is 1.51. The molecule has 0 atom stereocenters. The number of benzene rings is 2. The standard InChI is InChI=1S/C25H32N2OS/c28-25(26-20-14-8-6-4-2-1-3-5-7-9-15-20)27-21-16-10-12-18-23(21)29-24-19-13-11-17-22(24)27/h10-13,16-20H,1-9,14-15H2,(H,26,28). The summed E-state index contributed by atoms with van der Waals surface area (Å²) in [4.78, 5) is 17.6. The summed E-state index contributed by atoms with van der Waals surface area (Å²) >= 11 is 1.74. The van der Waals surface area contributed by atoms with Gasteiger partial charge < -0.3 is 5.32 Å². The van der Waals surface area contributed by atoms with Crippen LogP contribution >= 0.6 is 11.8 Å². The van der Waals surface area contributed by atoms with Crippen molar-refractivity contribution in [1.82, 2.24) is 5.32 Å². The lowest BCUT2D eigenvalue weighted by atomic mass is 9.98. The van der Waals surface area contributed by atoms with E-state index < -0.39 is 0 Å². The Morgan fingerprint density at radius 3 is 1.69 bits per heavy atom. The first-order valence-electron chi connectivity index (χ1n) is 11.3. The Morgan fingerprint density at radius 1 is 0.724 bits per heavy atom. The van der Waals surface area contributed by atoms with Gasteiger partial charge in [0.25, 0.3) is 0 Å². The molecule has 154 valence electrons. The Kier molecular flexibility index (Phi) is 7.15. The van der Waals surface area contributed by atoms with E-state index in [2.05, 4.69) is 29.6 Å². The normalized spacial score (nSPS) is 18.7. The van der Waals surface area contributed by atoms with Gasteiger partial charge in [-0.25, -0.2) is 4.79 Å². The molecule has 1 heterocycles. The van der Waals surface area contributed by atoms with Crippen LogP contribution in [0.5, 0.6) is 0 Å². The smallest absolute Gasteiger partial charge is 0.326 e. The van der Waals surface area contributed by atoms with E-state index in [1.807, 2.05) is 29.2 Å². The minimum atomic E-state index is 0.0160. The summed E-state index contributed by atoms with van der Waals surface area (Å²) in [7, 11) is 0. The Hall–Kier alpha value is -1.94. The van der Waals surface area contributed by atoms with Crippen LogP contribution in [0.1, 0.15) is 70.6 Å². The van der Waals surface area contributed by atoms with Crippen molar-refractivity contribution in [2.45, 2.75) is 86.5 Å². The number of carbonyl (C=O) groups excluding carboxylic acids is 1. The van der Waals surface area contributed by atoms with Crippen LogP contribution in [0.25, 0.3) is 0 Å². The van der Waals surface area contributed by atoms with Crippen LogP contribution in [0, 0.1) is 0 Å². The molecule has 4 rings (SSSR count). The molecule has 0 spiro atoms. The van der Waals surface area contributed by atoms with Gasteiger partial charge in [0, 0.05) is 15.8 Å². The molecule has 2 aromatic rings. The molecule has 0 bridgehead atoms. The molecule has 1 fully saturated rings. The van der Waals surface area contributed by atoms with Crippen LogP contribution in [0.15, 0.2) is 58.3 Å². The number of nitrogens with one attached hydrogen (secondary N) is 1. The van der Waals surface area contributed by atoms with Crippen molar-refractivity contribution in [3.05, 3.63) is 48.5 Å². The number of nitrogens with zero attached hydrogens (tertiary/aromatic N) is 1. The second-order valence-corrected chi connectivity index (χ2v) is 9.36. The molecule has 29 heavy (non-hydrogen) atoms. The van der Waals surface area contributed by atoms with Crippen LogP contribution in [-0.2, 0) is 0 Å². The first kappa shape index (κ1) is 20.3. The molecule has 1 aliphatic heterocycles. The van der Waals surface area contributed by atoms with Gasteiger partial charge in [-0.15, -0.1) is 0 Å². The number of hydrogen-bond donors (Lipinski definition) is 1. The van der Waals surface area contributed by atoms with Crippen LogP contribution in [0.2, 0.25) is 0 Å². The second kappa shape index (κ2) is 10.2. The molecule has 3 nitrogen and oxygen atoms in total. The highest BCUT2D eigenvalue weighted by Gasteiger charge is 2.29. The lowest BCUT2D eigenvalue weighted by Gasteiger charge is -2.32. The topological polar surface area (TPSA) is 32.3 Å². The van der Waals surface area contributed by atoms with Gasteiger partial charge in [0.1, 0.15) is 0 Å². The molecule has 1 aliphatic carbocycles. The molecule has 0 saturated heterocycles. The van der Waals surface area contributed by atoms with E-state index in [1.165, 1.54) is 57.8 Å². The highest BCUT2D eigenvalue weighted by Crippen LogP contribution is 2.47. The summed E-state index contributed by atoms with van der Waals surface area (Å²) in [5, 5.41) is 3.40. The maximum atomic E-state index is 13.5. The summed E-state index contributed by atoms with van der Waals surface area (Å²) in [5.41, 5.74) is 1.98. The number of hydrogen-bond acceptors (Lipinski definition) is 2. The molecular formula is C25H32N2OS. The third-order valence-corrected chi connectivity index (χ3v) is 7.20. The number of para-hydroxylation sites is 2. The van der Waals surface area contributed by atoms with Crippen LogP contribution in [0.4, 0.5) is 16.2 Å². The molecular weight excluding hydrogens is 376 g/mol. The van der Waals surface area contributed by atoms with Crippen molar-refractivity contribution < 1.29 is 4.79 Å². The Morgan fingerprint density at radius 2 is 1.17 bits per heavy atom. The third kappa shape index (κ3) is 5.16. The molecule has 0 unspecified atom stereocenters. The largest absolute Gasteiger partial charge is 0.335 e. The molecule has 0 radical (unpaired) electrons. The van der Waals surface area contributed by atoms with Gasteiger partial charge in [-0.05, 0) is 37.1 Å². The number of urea groups is 1. The zero-order valence-electron chi connectivity index (χ0n) is 17.2. The number of carbonyl (C=O) groups is 1. The molecule has 2 aliphatic rings. The van der Waals surface area contributed by atoms with Crippen LogP contribution in [0.3, 0.4) is 0 Å². The molecule has 2 amide bonds. The number of rotatable bonds is 1. The van der Waals surface area contributed by atoms with Gasteiger partial charge in [0.05, 0.1) is 11.4 Å². The average Bonchev–Trinajstić information content (AvgIpc) is 2.73. The van der Waals surface area contributed by atoms with Crippen molar-refractivity contribution in [2.75, 3.05) is 4.90 Å². The summed E-state index contributed by atoms with van der Waals surface area (Å²) < 4.78 is 0. The quantitative estimate of drug-likeness (QED) is 0.525. The van der Waals surface area contributed by atoms with E-state index in [4.69, 9.17) is 0 Å². The fourth-order valence-corrected chi connectivity index (χ4v) is 5.53. The Labute approximate surface area is 179 Å². The van der Waals surface area contributed by atoms with E-state index in [0.29, 0.717) is 0 Å². The van der Waals surface area contributed by atoms with Gasteiger partial charge in [-0.3, -0.25) is 4.90 Å². The summed E-state index contributed by atoms with van der Waals surface area (Å²) in [5.74, 6) is 0. The molecule has 1 saturated carbocycles. The van der Waals surface area contributed by atoms with Gasteiger partial charge in [-0.1, -0.05) is 93.8 Å². The maximum absolute atomic E-state index is 13.5. The SMILES string of the molecule is O=C(NC1CCCCCCCCCCC1)N1c2ccccc2Sc2ccccc21. The van der Waals surface area contributed by atoms with Crippen LogP contribution < -0.4 is 10.2 Å². The van der Waals surface area contributed by atoms with Crippen molar-refractivity contribution in [2.24, 2.45) is 0 Å².